The second-order valence-corrected chi connectivity index (χ2v) is 6.77. The van der Waals surface area contributed by atoms with Gasteiger partial charge < -0.3 is 5.32 Å². The van der Waals surface area contributed by atoms with E-state index in [2.05, 4.69) is 39.1 Å². The van der Waals surface area contributed by atoms with Crippen molar-refractivity contribution in [3.8, 4) is 6.07 Å². The molecule has 0 radical (unpaired) electrons. The van der Waals surface area contributed by atoms with Crippen LogP contribution in [0.5, 0.6) is 0 Å². The first-order valence-corrected chi connectivity index (χ1v) is 6.83. The molecule has 100 valence electrons. The zero-order valence-electron chi connectivity index (χ0n) is 12.6. The monoisotopic (exact) mass is 238 g/mol. The fraction of sp³-hybridized carbons (Fsp3) is 0.933. The number of nitriles is 1. The molecule has 0 bridgehead atoms. The predicted octanol–water partition coefficient (Wildman–Crippen LogP) is 3.98. The third-order valence-electron chi connectivity index (χ3n) is 3.85. The molecule has 1 N–H and O–H groups in total. The Kier molecular flexibility index (Phi) is 6.78. The summed E-state index contributed by atoms with van der Waals surface area (Å²) < 4.78 is 0. The molecule has 17 heavy (non-hydrogen) atoms. The molecule has 0 amide bonds. The van der Waals surface area contributed by atoms with Crippen molar-refractivity contribution in [3.63, 3.8) is 0 Å². The summed E-state index contributed by atoms with van der Waals surface area (Å²) in [6.07, 6.45) is 3.30. The van der Waals surface area contributed by atoms with Crippen LogP contribution in [0.2, 0.25) is 0 Å². The summed E-state index contributed by atoms with van der Waals surface area (Å²) in [6, 6.07) is 2.35. The first kappa shape index (κ1) is 16.4. The van der Waals surface area contributed by atoms with E-state index in [1.54, 1.807) is 0 Å². The van der Waals surface area contributed by atoms with Gasteiger partial charge in [0.1, 0.15) is 0 Å². The van der Waals surface area contributed by atoms with Crippen LogP contribution in [-0.2, 0) is 0 Å². The summed E-state index contributed by atoms with van der Waals surface area (Å²) in [5.74, 6) is 0.701. The highest BCUT2D eigenvalue weighted by Crippen LogP contribution is 2.25. The zero-order chi connectivity index (χ0) is 13.5. The van der Waals surface area contributed by atoms with Crippen LogP contribution in [0.1, 0.15) is 60.8 Å². The zero-order valence-corrected chi connectivity index (χ0v) is 12.6. The largest absolute Gasteiger partial charge is 0.316 e. The molecule has 0 heterocycles. The van der Waals surface area contributed by atoms with Crippen LogP contribution < -0.4 is 5.32 Å². The second-order valence-electron chi connectivity index (χ2n) is 6.77. The summed E-state index contributed by atoms with van der Waals surface area (Å²) in [5, 5.41) is 12.4. The molecule has 0 aromatic heterocycles. The summed E-state index contributed by atoms with van der Waals surface area (Å²) in [5.41, 5.74) is 0.211. The molecule has 0 aromatic rings. The summed E-state index contributed by atoms with van der Waals surface area (Å²) in [6.45, 7) is 15.3. The van der Waals surface area contributed by atoms with E-state index in [1.807, 2.05) is 13.8 Å². The fourth-order valence-electron chi connectivity index (χ4n) is 1.49. The number of hydrogen-bond donors (Lipinski definition) is 1. The van der Waals surface area contributed by atoms with Crippen molar-refractivity contribution in [1.82, 2.24) is 5.32 Å². The van der Waals surface area contributed by atoms with E-state index in [1.165, 1.54) is 6.42 Å². The normalized spacial score (nSPS) is 12.8. The third-order valence-corrected chi connectivity index (χ3v) is 3.85. The Labute approximate surface area is 108 Å². The van der Waals surface area contributed by atoms with Gasteiger partial charge in [-0.05, 0) is 44.6 Å². The number of nitrogens with zero attached hydrogens (tertiary/aromatic N) is 1. The standard InChI is InChI=1S/C15H30N2/c1-13(2)15(5,6)12-17-10-8-7-9-14(3,4)11-16/h13,17H,7-10,12H2,1-6H3. The van der Waals surface area contributed by atoms with Crippen molar-refractivity contribution in [2.24, 2.45) is 16.7 Å². The van der Waals surface area contributed by atoms with Gasteiger partial charge >= 0.3 is 0 Å². The molecule has 0 spiro atoms. The average Bonchev–Trinajstić information content (AvgIpc) is 2.23. The summed E-state index contributed by atoms with van der Waals surface area (Å²) in [4.78, 5) is 0. The molecule has 2 heteroatoms. The van der Waals surface area contributed by atoms with Gasteiger partial charge in [0.05, 0.1) is 11.5 Å². The van der Waals surface area contributed by atoms with Crippen LogP contribution in [-0.4, -0.2) is 13.1 Å². The summed E-state index contributed by atoms with van der Waals surface area (Å²) >= 11 is 0. The van der Waals surface area contributed by atoms with Crippen molar-refractivity contribution < 1.29 is 0 Å². The Morgan fingerprint density at radius 3 is 2.18 bits per heavy atom. The van der Waals surface area contributed by atoms with E-state index < -0.39 is 0 Å². The quantitative estimate of drug-likeness (QED) is 0.649. The molecule has 0 saturated carbocycles. The Balaban J connectivity index is 3.58. The molecule has 0 aliphatic carbocycles. The summed E-state index contributed by atoms with van der Waals surface area (Å²) in [7, 11) is 0. The van der Waals surface area contributed by atoms with Crippen LogP contribution in [0.3, 0.4) is 0 Å². The van der Waals surface area contributed by atoms with Crippen molar-refractivity contribution in [3.05, 3.63) is 0 Å². The van der Waals surface area contributed by atoms with E-state index in [0.717, 1.165) is 25.9 Å². The predicted molar refractivity (Wildman–Crippen MR) is 74.7 cm³/mol. The van der Waals surface area contributed by atoms with Crippen molar-refractivity contribution in [1.29, 1.82) is 5.26 Å². The maximum Gasteiger partial charge on any atom is 0.0683 e. The van der Waals surface area contributed by atoms with Gasteiger partial charge in [0.15, 0.2) is 0 Å². The van der Waals surface area contributed by atoms with E-state index in [0.29, 0.717) is 11.3 Å². The van der Waals surface area contributed by atoms with Gasteiger partial charge in [-0.2, -0.15) is 5.26 Å². The number of unbranched alkanes of at least 4 members (excludes halogenated alkanes) is 1. The van der Waals surface area contributed by atoms with E-state index in [-0.39, 0.29) is 5.41 Å². The second kappa shape index (κ2) is 7.01. The lowest BCUT2D eigenvalue weighted by molar-refractivity contribution is 0.238. The highest BCUT2D eigenvalue weighted by atomic mass is 14.9. The highest BCUT2D eigenvalue weighted by Gasteiger charge is 2.21. The molecule has 0 rings (SSSR count). The number of rotatable bonds is 8. The number of hydrogen-bond acceptors (Lipinski definition) is 2. The fourth-order valence-corrected chi connectivity index (χ4v) is 1.49. The van der Waals surface area contributed by atoms with Crippen molar-refractivity contribution in [2.75, 3.05) is 13.1 Å². The van der Waals surface area contributed by atoms with Crippen LogP contribution in [0.4, 0.5) is 0 Å². The Bertz CT molecular complexity index is 246. The van der Waals surface area contributed by atoms with E-state index >= 15 is 0 Å². The van der Waals surface area contributed by atoms with E-state index in [9.17, 15) is 0 Å². The molecule has 0 aromatic carbocycles. The minimum absolute atomic E-state index is 0.156. The molecule has 0 fully saturated rings. The number of nitrogens with one attached hydrogen (secondary N) is 1. The molecular formula is C15H30N2. The lowest BCUT2D eigenvalue weighted by Gasteiger charge is -2.29. The Hall–Kier alpha value is -0.550. The molecule has 0 aliphatic rings. The van der Waals surface area contributed by atoms with Gasteiger partial charge in [-0.3, -0.25) is 0 Å². The molecule has 0 aliphatic heterocycles. The van der Waals surface area contributed by atoms with Gasteiger partial charge in [0.25, 0.3) is 0 Å². The molecule has 0 atom stereocenters. The van der Waals surface area contributed by atoms with Gasteiger partial charge in [-0.1, -0.05) is 34.1 Å². The van der Waals surface area contributed by atoms with Gasteiger partial charge in [-0.25, -0.2) is 0 Å². The van der Waals surface area contributed by atoms with E-state index in [4.69, 9.17) is 5.26 Å². The third kappa shape index (κ3) is 7.39. The lowest BCUT2D eigenvalue weighted by Crippen LogP contribution is -2.34. The highest BCUT2D eigenvalue weighted by molar-refractivity contribution is 4.91. The maximum absolute atomic E-state index is 8.90. The van der Waals surface area contributed by atoms with Crippen molar-refractivity contribution in [2.45, 2.75) is 60.8 Å². The first-order valence-electron chi connectivity index (χ1n) is 6.83. The molecule has 0 saturated heterocycles. The smallest absolute Gasteiger partial charge is 0.0683 e. The average molecular weight is 238 g/mol. The molecule has 0 unspecified atom stereocenters. The Morgan fingerprint density at radius 1 is 1.12 bits per heavy atom. The van der Waals surface area contributed by atoms with Gasteiger partial charge in [0, 0.05) is 6.54 Å². The lowest BCUT2D eigenvalue weighted by atomic mass is 9.81. The SMILES string of the molecule is CC(C)C(C)(C)CNCCCCC(C)(C)C#N. The van der Waals surface area contributed by atoms with Gasteiger partial charge in [0.2, 0.25) is 0 Å². The first-order chi connectivity index (χ1) is 7.71. The maximum atomic E-state index is 8.90. The molecular weight excluding hydrogens is 208 g/mol. The van der Waals surface area contributed by atoms with Crippen LogP contribution in [0, 0.1) is 28.1 Å². The van der Waals surface area contributed by atoms with Crippen LogP contribution in [0.25, 0.3) is 0 Å². The minimum atomic E-state index is -0.156. The molecule has 2 nitrogen and oxygen atoms in total. The van der Waals surface area contributed by atoms with Gasteiger partial charge in [-0.15, -0.1) is 0 Å². The van der Waals surface area contributed by atoms with Crippen LogP contribution in [0.15, 0.2) is 0 Å². The topological polar surface area (TPSA) is 35.8 Å². The Morgan fingerprint density at radius 2 is 1.71 bits per heavy atom. The minimum Gasteiger partial charge on any atom is -0.316 e. The van der Waals surface area contributed by atoms with Crippen molar-refractivity contribution >= 4 is 0 Å². The van der Waals surface area contributed by atoms with Crippen LogP contribution >= 0.6 is 0 Å².